The number of hydrogen-bond donors (Lipinski definition) is 0. The van der Waals surface area contributed by atoms with Crippen molar-refractivity contribution in [3.63, 3.8) is 0 Å². The molecule has 0 aliphatic heterocycles. The first-order valence-corrected chi connectivity index (χ1v) is 12.1. The Hall–Kier alpha value is -0.120. The van der Waals surface area contributed by atoms with E-state index in [2.05, 4.69) is 27.7 Å². The third-order valence-corrected chi connectivity index (χ3v) is 5.94. The molecule has 0 aromatic rings. The van der Waals surface area contributed by atoms with Crippen LogP contribution in [0.15, 0.2) is 0 Å². The van der Waals surface area contributed by atoms with Crippen molar-refractivity contribution in [2.45, 2.75) is 130 Å². The molecule has 0 aromatic carbocycles. The Morgan fingerprint density at radius 3 is 0.778 bits per heavy atom. The van der Waals surface area contributed by atoms with Crippen molar-refractivity contribution < 1.29 is 15.4 Å². The first kappa shape index (κ1) is 31.6. The molecule has 27 heavy (non-hydrogen) atoms. The van der Waals surface area contributed by atoms with Crippen LogP contribution in [0.1, 0.15) is 130 Å². The van der Waals surface area contributed by atoms with Gasteiger partial charge >= 0.3 is 0 Å². The van der Waals surface area contributed by atoms with Gasteiger partial charge in [0.05, 0.1) is 26.2 Å². The van der Waals surface area contributed by atoms with Gasteiger partial charge in [0.2, 0.25) is 0 Å². The maximum absolute atomic E-state index is 2.34. The van der Waals surface area contributed by atoms with E-state index >= 15 is 0 Å². The lowest BCUT2D eigenvalue weighted by molar-refractivity contribution is -0.929. The standard InChI is InChI=1S/C24H52N.2H2O/c1-5-9-13-17-21-25(22-18-14-10-6-2,23-19-15-11-7-3)24-20-16-12-8-4;;/h5-24H2,1-4H3;2*1H2/q+1;;/p-1. The van der Waals surface area contributed by atoms with Gasteiger partial charge in [-0.05, 0) is 51.4 Å². The second-order valence-corrected chi connectivity index (χ2v) is 8.48. The molecule has 0 aromatic heterocycles. The van der Waals surface area contributed by atoms with Crippen LogP contribution in [-0.2, 0) is 0 Å². The van der Waals surface area contributed by atoms with Crippen molar-refractivity contribution in [2.24, 2.45) is 0 Å². The predicted octanol–water partition coefficient (Wildman–Crippen LogP) is 7.12. The molecule has 0 heterocycles. The van der Waals surface area contributed by atoms with E-state index in [-0.39, 0.29) is 11.0 Å². The molecule has 0 unspecified atom stereocenters. The Bertz CT molecular complexity index is 205. The van der Waals surface area contributed by atoms with Crippen molar-refractivity contribution in [2.75, 3.05) is 26.2 Å². The molecule has 0 radical (unpaired) electrons. The molecule has 0 aliphatic carbocycles. The fourth-order valence-electron chi connectivity index (χ4n) is 4.17. The van der Waals surface area contributed by atoms with Crippen LogP contribution < -0.4 is 0 Å². The number of unbranched alkanes of at least 4 members (excludes halogenated alkanes) is 12. The molecule has 0 bridgehead atoms. The van der Waals surface area contributed by atoms with E-state index < -0.39 is 0 Å². The topological polar surface area (TPSA) is 61.5 Å². The van der Waals surface area contributed by atoms with Crippen LogP contribution in [0.2, 0.25) is 0 Å². The molecule has 0 aliphatic rings. The van der Waals surface area contributed by atoms with Crippen LogP contribution in [0.4, 0.5) is 0 Å². The number of rotatable bonds is 20. The van der Waals surface area contributed by atoms with Gasteiger partial charge in [-0.3, -0.25) is 0 Å². The zero-order valence-corrected chi connectivity index (χ0v) is 19.5. The van der Waals surface area contributed by atoms with Gasteiger partial charge in [0, 0.05) is 0 Å². The fourth-order valence-corrected chi connectivity index (χ4v) is 4.17. The highest BCUT2D eigenvalue weighted by molar-refractivity contribution is 4.53. The van der Waals surface area contributed by atoms with Gasteiger partial charge in [-0.1, -0.05) is 79.1 Å². The van der Waals surface area contributed by atoms with Gasteiger partial charge in [-0.25, -0.2) is 0 Å². The number of quaternary nitrogens is 1. The summed E-state index contributed by atoms with van der Waals surface area (Å²) in [6, 6.07) is 0. The normalized spacial score (nSPS) is 11.1. The summed E-state index contributed by atoms with van der Waals surface area (Å²) in [5, 5.41) is 0. The van der Waals surface area contributed by atoms with Gasteiger partial charge in [0.15, 0.2) is 0 Å². The minimum Gasteiger partial charge on any atom is -0.870 e. The third kappa shape index (κ3) is 19.0. The Balaban J connectivity index is -0.00000288. The average molecular weight is 390 g/mol. The molecule has 0 spiro atoms. The fraction of sp³-hybridized carbons (Fsp3) is 1.00. The zero-order chi connectivity index (χ0) is 18.6. The van der Waals surface area contributed by atoms with Crippen molar-refractivity contribution in [3.8, 4) is 0 Å². The minimum absolute atomic E-state index is 0. The highest BCUT2D eigenvalue weighted by Gasteiger charge is 2.25. The molecule has 3 heteroatoms. The van der Waals surface area contributed by atoms with Crippen LogP contribution in [0, 0.1) is 0 Å². The number of hydrogen-bond acceptors (Lipinski definition) is 1. The largest absolute Gasteiger partial charge is 0.870 e. The van der Waals surface area contributed by atoms with Crippen LogP contribution in [-0.4, -0.2) is 41.6 Å². The van der Waals surface area contributed by atoms with Crippen LogP contribution in [0.25, 0.3) is 0 Å². The monoisotopic (exact) mass is 389 g/mol. The highest BCUT2D eigenvalue weighted by atomic mass is 16.0. The summed E-state index contributed by atoms with van der Waals surface area (Å²) in [4.78, 5) is 0. The Morgan fingerprint density at radius 2 is 0.593 bits per heavy atom. The quantitative estimate of drug-likeness (QED) is 0.161. The molecule has 0 atom stereocenters. The average Bonchev–Trinajstić information content (AvgIpc) is 2.63. The smallest absolute Gasteiger partial charge is 0.0786 e. The van der Waals surface area contributed by atoms with Gasteiger partial charge < -0.3 is 15.4 Å². The SMILES string of the molecule is CCCCCC[N+](CCCCCC)(CCCCCC)CCCCCC.O.[OH-]. The second-order valence-electron chi connectivity index (χ2n) is 8.48. The molecule has 0 fully saturated rings. The lowest BCUT2D eigenvalue weighted by atomic mass is 10.1. The molecule has 168 valence electrons. The van der Waals surface area contributed by atoms with Crippen molar-refractivity contribution in [1.82, 2.24) is 0 Å². The summed E-state index contributed by atoms with van der Waals surface area (Å²) in [6.45, 7) is 15.2. The lowest BCUT2D eigenvalue weighted by Gasteiger charge is -2.39. The van der Waals surface area contributed by atoms with Crippen molar-refractivity contribution in [3.05, 3.63) is 0 Å². The Kier molecular flexibility index (Phi) is 28.0. The predicted molar refractivity (Wildman–Crippen MR) is 122 cm³/mol. The first-order chi connectivity index (χ1) is 12.2. The summed E-state index contributed by atoms with van der Waals surface area (Å²) >= 11 is 0. The second kappa shape index (κ2) is 23.9. The zero-order valence-electron chi connectivity index (χ0n) is 19.5. The van der Waals surface area contributed by atoms with Crippen LogP contribution in [0.3, 0.4) is 0 Å². The summed E-state index contributed by atoms with van der Waals surface area (Å²) in [5.74, 6) is 0. The van der Waals surface area contributed by atoms with E-state index in [0.29, 0.717) is 0 Å². The van der Waals surface area contributed by atoms with E-state index in [4.69, 9.17) is 0 Å². The van der Waals surface area contributed by atoms with Crippen LogP contribution in [0.5, 0.6) is 0 Å². The Morgan fingerprint density at radius 1 is 0.370 bits per heavy atom. The summed E-state index contributed by atoms with van der Waals surface area (Å²) in [7, 11) is 0. The molecule has 0 rings (SSSR count). The first-order valence-electron chi connectivity index (χ1n) is 12.1. The third-order valence-electron chi connectivity index (χ3n) is 5.94. The minimum atomic E-state index is 0. The lowest BCUT2D eigenvalue weighted by Crippen LogP contribution is -2.50. The summed E-state index contributed by atoms with van der Waals surface area (Å²) in [6.07, 6.45) is 22.8. The molecule has 0 saturated carbocycles. The van der Waals surface area contributed by atoms with Gasteiger partial charge in [-0.15, -0.1) is 0 Å². The van der Waals surface area contributed by atoms with E-state index in [1.165, 1.54) is 133 Å². The van der Waals surface area contributed by atoms with E-state index in [1.54, 1.807) is 0 Å². The highest BCUT2D eigenvalue weighted by Crippen LogP contribution is 2.19. The van der Waals surface area contributed by atoms with Gasteiger partial charge in [0.1, 0.15) is 0 Å². The molecule has 0 saturated heterocycles. The molecular weight excluding hydrogens is 334 g/mol. The van der Waals surface area contributed by atoms with Crippen molar-refractivity contribution in [1.29, 1.82) is 0 Å². The van der Waals surface area contributed by atoms with E-state index in [9.17, 15) is 0 Å². The maximum atomic E-state index is 2.34. The maximum Gasteiger partial charge on any atom is 0.0786 e. The number of nitrogens with zero attached hydrogens (tertiary/aromatic N) is 1. The van der Waals surface area contributed by atoms with Gasteiger partial charge in [-0.2, -0.15) is 0 Å². The van der Waals surface area contributed by atoms with Crippen molar-refractivity contribution >= 4 is 0 Å². The Labute approximate surface area is 172 Å². The molecule has 3 nitrogen and oxygen atoms in total. The van der Waals surface area contributed by atoms with E-state index in [1.807, 2.05) is 0 Å². The summed E-state index contributed by atoms with van der Waals surface area (Å²) < 4.78 is 1.46. The van der Waals surface area contributed by atoms with Gasteiger partial charge in [0.25, 0.3) is 0 Å². The van der Waals surface area contributed by atoms with Crippen LogP contribution >= 0.6 is 0 Å². The molecule has 3 N–H and O–H groups in total. The summed E-state index contributed by atoms with van der Waals surface area (Å²) in [5.41, 5.74) is 0. The molecule has 0 amide bonds. The molecular formula is C24H55NO2. The van der Waals surface area contributed by atoms with E-state index in [0.717, 1.165) is 0 Å².